The second-order valence-corrected chi connectivity index (χ2v) is 6.44. The molecule has 1 aromatic rings. The number of nitrogens with one attached hydrogen (secondary N) is 1. The molecule has 2 nitrogen and oxygen atoms in total. The van der Waals surface area contributed by atoms with Crippen molar-refractivity contribution in [3.8, 4) is 5.75 Å². The van der Waals surface area contributed by atoms with Crippen LogP contribution in [0.2, 0.25) is 0 Å². The van der Waals surface area contributed by atoms with Crippen molar-refractivity contribution in [3.05, 3.63) is 29.8 Å². The van der Waals surface area contributed by atoms with Crippen molar-refractivity contribution >= 4 is 0 Å². The van der Waals surface area contributed by atoms with Gasteiger partial charge in [0, 0.05) is 23.1 Å². The van der Waals surface area contributed by atoms with E-state index in [0.29, 0.717) is 0 Å². The minimum Gasteiger partial charge on any atom is -0.496 e. The molecule has 100 valence electrons. The van der Waals surface area contributed by atoms with Crippen molar-refractivity contribution in [2.24, 2.45) is 0 Å². The van der Waals surface area contributed by atoms with Crippen molar-refractivity contribution in [1.82, 2.24) is 5.32 Å². The minimum atomic E-state index is 0.171. The van der Waals surface area contributed by atoms with Crippen LogP contribution in [-0.2, 0) is 5.41 Å². The van der Waals surface area contributed by atoms with E-state index in [0.717, 1.165) is 12.3 Å². The zero-order chi connectivity index (χ0) is 13.2. The molecule has 1 aliphatic carbocycles. The van der Waals surface area contributed by atoms with Crippen molar-refractivity contribution in [1.29, 1.82) is 0 Å². The normalized spacial score (nSPS) is 18.2. The third-order valence-electron chi connectivity index (χ3n) is 3.95. The van der Waals surface area contributed by atoms with E-state index in [2.05, 4.69) is 44.3 Å². The van der Waals surface area contributed by atoms with Gasteiger partial charge in [0.25, 0.3) is 0 Å². The quantitative estimate of drug-likeness (QED) is 0.879. The highest BCUT2D eigenvalue weighted by Gasteiger charge is 2.40. The second-order valence-electron chi connectivity index (χ2n) is 6.44. The van der Waals surface area contributed by atoms with E-state index in [1.807, 2.05) is 6.07 Å². The van der Waals surface area contributed by atoms with Crippen LogP contribution in [0.25, 0.3) is 0 Å². The molecule has 1 saturated carbocycles. The molecule has 1 aromatic carbocycles. The molecule has 0 heterocycles. The molecule has 2 heteroatoms. The highest BCUT2D eigenvalue weighted by Crippen LogP contribution is 2.46. The summed E-state index contributed by atoms with van der Waals surface area (Å²) in [6.07, 6.45) is 3.84. The first-order chi connectivity index (χ1) is 8.47. The van der Waals surface area contributed by atoms with E-state index in [-0.39, 0.29) is 11.0 Å². The Morgan fingerprint density at radius 2 is 1.89 bits per heavy atom. The van der Waals surface area contributed by atoms with Crippen LogP contribution < -0.4 is 10.1 Å². The van der Waals surface area contributed by atoms with Gasteiger partial charge < -0.3 is 10.1 Å². The Hall–Kier alpha value is -1.02. The molecule has 0 spiro atoms. The summed E-state index contributed by atoms with van der Waals surface area (Å²) in [6, 6.07) is 8.47. The van der Waals surface area contributed by atoms with Crippen molar-refractivity contribution in [3.63, 3.8) is 0 Å². The molecule has 18 heavy (non-hydrogen) atoms. The van der Waals surface area contributed by atoms with Crippen LogP contribution >= 0.6 is 0 Å². The van der Waals surface area contributed by atoms with Gasteiger partial charge >= 0.3 is 0 Å². The van der Waals surface area contributed by atoms with Gasteiger partial charge in [0.1, 0.15) is 5.75 Å². The molecule has 0 aliphatic heterocycles. The number of hydrogen-bond acceptors (Lipinski definition) is 2. The number of benzene rings is 1. The summed E-state index contributed by atoms with van der Waals surface area (Å²) in [6.45, 7) is 7.71. The fourth-order valence-electron chi connectivity index (χ4n) is 2.66. The molecular weight excluding hydrogens is 222 g/mol. The lowest BCUT2D eigenvalue weighted by atomic mass is 9.64. The lowest BCUT2D eigenvalue weighted by Gasteiger charge is -2.44. The predicted octanol–water partition coefficient (Wildman–Crippen LogP) is 3.51. The monoisotopic (exact) mass is 247 g/mol. The summed E-state index contributed by atoms with van der Waals surface area (Å²) >= 11 is 0. The molecule has 0 bridgehead atoms. The SMILES string of the molecule is COc1ccccc1C1(CNC(C)(C)C)CCC1. The van der Waals surface area contributed by atoms with Gasteiger partial charge in [-0.3, -0.25) is 0 Å². The Balaban J connectivity index is 2.21. The maximum atomic E-state index is 5.53. The van der Waals surface area contributed by atoms with Gasteiger partial charge in [0.15, 0.2) is 0 Å². The van der Waals surface area contributed by atoms with Crippen molar-refractivity contribution in [2.75, 3.05) is 13.7 Å². The minimum absolute atomic E-state index is 0.171. The van der Waals surface area contributed by atoms with Gasteiger partial charge in [0.05, 0.1) is 7.11 Å². The summed E-state index contributed by atoms with van der Waals surface area (Å²) in [5.74, 6) is 1.04. The second kappa shape index (κ2) is 4.93. The van der Waals surface area contributed by atoms with Crippen LogP contribution in [0.5, 0.6) is 5.75 Å². The van der Waals surface area contributed by atoms with Crippen LogP contribution in [0, 0.1) is 0 Å². The third kappa shape index (κ3) is 2.69. The summed E-state index contributed by atoms with van der Waals surface area (Å²) in [4.78, 5) is 0. The molecule has 1 fully saturated rings. The van der Waals surface area contributed by atoms with E-state index in [1.165, 1.54) is 24.8 Å². The topological polar surface area (TPSA) is 21.3 Å². The van der Waals surface area contributed by atoms with Gasteiger partial charge in [-0.1, -0.05) is 24.6 Å². The van der Waals surface area contributed by atoms with E-state index in [9.17, 15) is 0 Å². The third-order valence-corrected chi connectivity index (χ3v) is 3.95. The van der Waals surface area contributed by atoms with Gasteiger partial charge in [-0.2, -0.15) is 0 Å². The molecule has 0 atom stereocenters. The largest absolute Gasteiger partial charge is 0.496 e. The number of hydrogen-bond donors (Lipinski definition) is 1. The Labute approximate surface area is 111 Å². The smallest absolute Gasteiger partial charge is 0.122 e. The van der Waals surface area contributed by atoms with Gasteiger partial charge in [-0.15, -0.1) is 0 Å². The van der Waals surface area contributed by atoms with Gasteiger partial charge in [-0.05, 0) is 39.7 Å². The number of ether oxygens (including phenoxy) is 1. The molecule has 0 unspecified atom stereocenters. The first-order valence-corrected chi connectivity index (χ1v) is 6.85. The number of methoxy groups -OCH3 is 1. The zero-order valence-corrected chi connectivity index (χ0v) is 12.0. The first-order valence-electron chi connectivity index (χ1n) is 6.85. The van der Waals surface area contributed by atoms with Crippen molar-refractivity contribution in [2.45, 2.75) is 51.0 Å². The first kappa shape index (κ1) is 13.4. The maximum Gasteiger partial charge on any atom is 0.122 e. The molecule has 2 rings (SSSR count). The number of rotatable bonds is 4. The summed E-state index contributed by atoms with van der Waals surface area (Å²) in [5, 5.41) is 3.66. The van der Waals surface area contributed by atoms with E-state index in [1.54, 1.807) is 7.11 Å². The zero-order valence-electron chi connectivity index (χ0n) is 12.0. The van der Waals surface area contributed by atoms with E-state index >= 15 is 0 Å². The lowest BCUT2D eigenvalue weighted by molar-refractivity contribution is 0.207. The molecule has 1 N–H and O–H groups in total. The lowest BCUT2D eigenvalue weighted by Crippen LogP contribution is -2.49. The van der Waals surface area contributed by atoms with Crippen molar-refractivity contribution < 1.29 is 4.74 Å². The highest BCUT2D eigenvalue weighted by molar-refractivity contribution is 5.41. The molecule has 0 aromatic heterocycles. The molecule has 0 amide bonds. The van der Waals surface area contributed by atoms with Gasteiger partial charge in [-0.25, -0.2) is 0 Å². The molecule has 0 saturated heterocycles. The van der Waals surface area contributed by atoms with E-state index < -0.39 is 0 Å². The van der Waals surface area contributed by atoms with Crippen LogP contribution in [-0.4, -0.2) is 19.2 Å². The Bertz CT molecular complexity index is 402. The van der Waals surface area contributed by atoms with Crippen LogP contribution in [0.4, 0.5) is 0 Å². The Kier molecular flexibility index (Phi) is 3.67. The maximum absolute atomic E-state index is 5.53. The fraction of sp³-hybridized carbons (Fsp3) is 0.625. The average Bonchev–Trinajstić information content (AvgIpc) is 2.27. The van der Waals surface area contributed by atoms with Crippen LogP contribution in [0.15, 0.2) is 24.3 Å². The average molecular weight is 247 g/mol. The molecule has 1 aliphatic rings. The summed E-state index contributed by atoms with van der Waals surface area (Å²) < 4.78 is 5.53. The number of para-hydroxylation sites is 1. The van der Waals surface area contributed by atoms with Crippen LogP contribution in [0.3, 0.4) is 0 Å². The fourth-order valence-corrected chi connectivity index (χ4v) is 2.66. The molecular formula is C16H25NO. The predicted molar refractivity (Wildman–Crippen MR) is 76.3 cm³/mol. The van der Waals surface area contributed by atoms with Crippen LogP contribution in [0.1, 0.15) is 45.6 Å². The molecule has 0 radical (unpaired) electrons. The highest BCUT2D eigenvalue weighted by atomic mass is 16.5. The Morgan fingerprint density at radius 1 is 1.22 bits per heavy atom. The Morgan fingerprint density at radius 3 is 2.39 bits per heavy atom. The summed E-state index contributed by atoms with van der Waals surface area (Å²) in [5.41, 5.74) is 1.82. The summed E-state index contributed by atoms with van der Waals surface area (Å²) in [7, 11) is 1.77. The standard InChI is InChI=1S/C16H25NO/c1-15(2,3)17-12-16(10-7-11-16)13-8-5-6-9-14(13)18-4/h5-6,8-9,17H,7,10-12H2,1-4H3. The van der Waals surface area contributed by atoms with Gasteiger partial charge in [0.2, 0.25) is 0 Å². The van der Waals surface area contributed by atoms with E-state index in [4.69, 9.17) is 4.74 Å².